The summed E-state index contributed by atoms with van der Waals surface area (Å²) in [6.45, 7) is 10.7. The SMILES string of the molecule is CC(N)C1CN(c2nc(C(C)(C)C)ns2)CCO1. The molecule has 0 amide bonds. The summed E-state index contributed by atoms with van der Waals surface area (Å²) in [5.41, 5.74) is 5.90. The van der Waals surface area contributed by atoms with Crippen molar-refractivity contribution in [3.8, 4) is 0 Å². The molecule has 0 aliphatic carbocycles. The van der Waals surface area contributed by atoms with E-state index in [0.717, 1.165) is 24.0 Å². The number of morpholine rings is 1. The van der Waals surface area contributed by atoms with Gasteiger partial charge in [-0.15, -0.1) is 0 Å². The van der Waals surface area contributed by atoms with Crippen LogP contribution in [0.15, 0.2) is 0 Å². The van der Waals surface area contributed by atoms with Crippen molar-refractivity contribution in [3.63, 3.8) is 0 Å². The van der Waals surface area contributed by atoms with Crippen LogP contribution < -0.4 is 10.6 Å². The first kappa shape index (κ1) is 13.7. The van der Waals surface area contributed by atoms with E-state index in [1.165, 1.54) is 11.5 Å². The maximum absolute atomic E-state index is 5.90. The molecule has 0 saturated carbocycles. The molecule has 1 saturated heterocycles. The molecule has 1 aliphatic heterocycles. The summed E-state index contributed by atoms with van der Waals surface area (Å²) < 4.78 is 10.1. The maximum Gasteiger partial charge on any atom is 0.205 e. The highest BCUT2D eigenvalue weighted by molar-refractivity contribution is 7.09. The zero-order valence-corrected chi connectivity index (χ0v) is 12.3. The topological polar surface area (TPSA) is 64.3 Å². The van der Waals surface area contributed by atoms with Crippen molar-refractivity contribution < 1.29 is 4.74 Å². The van der Waals surface area contributed by atoms with Gasteiger partial charge in [0.2, 0.25) is 5.13 Å². The maximum atomic E-state index is 5.90. The van der Waals surface area contributed by atoms with Crippen LogP contribution in [0.25, 0.3) is 0 Å². The quantitative estimate of drug-likeness (QED) is 0.880. The number of hydrogen-bond donors (Lipinski definition) is 1. The number of nitrogens with zero attached hydrogens (tertiary/aromatic N) is 3. The Kier molecular flexibility index (Phi) is 3.89. The fraction of sp³-hybridized carbons (Fsp3) is 0.833. The van der Waals surface area contributed by atoms with E-state index in [-0.39, 0.29) is 17.6 Å². The Balaban J connectivity index is 2.09. The minimum atomic E-state index is 0.00158. The molecule has 2 N–H and O–H groups in total. The van der Waals surface area contributed by atoms with Crippen molar-refractivity contribution in [1.29, 1.82) is 0 Å². The van der Waals surface area contributed by atoms with E-state index in [1.807, 2.05) is 6.92 Å². The molecule has 2 atom stereocenters. The second-order valence-electron chi connectivity index (χ2n) is 5.86. The second kappa shape index (κ2) is 5.11. The third kappa shape index (κ3) is 2.99. The summed E-state index contributed by atoms with van der Waals surface area (Å²) in [5, 5.41) is 0.980. The Morgan fingerprint density at radius 1 is 1.50 bits per heavy atom. The molecule has 1 aliphatic rings. The standard InChI is InChI=1S/C12H22N4OS/c1-8(13)9-7-16(5-6-17-9)11-14-10(15-18-11)12(2,3)4/h8-9H,5-7,13H2,1-4H3. The minimum Gasteiger partial charge on any atom is -0.373 e. The molecular formula is C12H22N4OS. The van der Waals surface area contributed by atoms with Crippen molar-refractivity contribution in [2.45, 2.75) is 45.3 Å². The van der Waals surface area contributed by atoms with Crippen molar-refractivity contribution in [3.05, 3.63) is 5.82 Å². The van der Waals surface area contributed by atoms with Gasteiger partial charge in [-0.2, -0.15) is 4.37 Å². The Morgan fingerprint density at radius 2 is 2.22 bits per heavy atom. The predicted molar refractivity (Wildman–Crippen MR) is 74.2 cm³/mol. The fourth-order valence-corrected chi connectivity index (χ4v) is 2.71. The van der Waals surface area contributed by atoms with Gasteiger partial charge in [0.15, 0.2) is 0 Å². The van der Waals surface area contributed by atoms with Gasteiger partial charge >= 0.3 is 0 Å². The Labute approximate surface area is 113 Å². The summed E-state index contributed by atoms with van der Waals surface area (Å²) in [4.78, 5) is 6.86. The van der Waals surface area contributed by atoms with E-state index in [2.05, 4.69) is 35.0 Å². The van der Waals surface area contributed by atoms with Gasteiger partial charge in [0.1, 0.15) is 5.82 Å². The highest BCUT2D eigenvalue weighted by Gasteiger charge is 2.27. The summed E-state index contributed by atoms with van der Waals surface area (Å²) in [7, 11) is 0. The number of anilines is 1. The van der Waals surface area contributed by atoms with E-state index >= 15 is 0 Å². The Bertz CT molecular complexity index is 399. The van der Waals surface area contributed by atoms with Crippen molar-refractivity contribution in [1.82, 2.24) is 9.36 Å². The predicted octanol–water partition coefficient (Wildman–Crippen LogP) is 1.39. The molecule has 2 heterocycles. The van der Waals surface area contributed by atoms with Gasteiger partial charge in [0.25, 0.3) is 0 Å². The molecule has 0 aromatic carbocycles. The first-order valence-electron chi connectivity index (χ1n) is 6.34. The van der Waals surface area contributed by atoms with Gasteiger partial charge in [-0.25, -0.2) is 4.98 Å². The normalized spacial score (nSPS) is 23.2. The van der Waals surface area contributed by atoms with Crippen LogP contribution in [0.4, 0.5) is 5.13 Å². The number of hydrogen-bond acceptors (Lipinski definition) is 6. The second-order valence-corrected chi connectivity index (χ2v) is 6.60. The molecule has 6 heteroatoms. The summed E-state index contributed by atoms with van der Waals surface area (Å²) in [5.74, 6) is 0.909. The molecule has 102 valence electrons. The van der Waals surface area contributed by atoms with Crippen LogP contribution in [0.5, 0.6) is 0 Å². The molecule has 1 fully saturated rings. The van der Waals surface area contributed by atoms with Crippen LogP contribution in [0.2, 0.25) is 0 Å². The van der Waals surface area contributed by atoms with Crippen molar-refractivity contribution in [2.24, 2.45) is 5.73 Å². The van der Waals surface area contributed by atoms with Crippen LogP contribution in [0.3, 0.4) is 0 Å². The molecule has 0 bridgehead atoms. The molecule has 0 spiro atoms. The molecule has 2 unspecified atom stereocenters. The van der Waals surface area contributed by atoms with Crippen molar-refractivity contribution in [2.75, 3.05) is 24.6 Å². The summed E-state index contributed by atoms with van der Waals surface area (Å²) in [6, 6.07) is 0.0443. The van der Waals surface area contributed by atoms with Crippen LogP contribution in [0.1, 0.15) is 33.5 Å². The fourth-order valence-electron chi connectivity index (χ4n) is 1.82. The van der Waals surface area contributed by atoms with Gasteiger partial charge in [0, 0.05) is 36.1 Å². The van der Waals surface area contributed by atoms with Crippen molar-refractivity contribution >= 4 is 16.7 Å². The first-order valence-corrected chi connectivity index (χ1v) is 7.11. The number of aromatic nitrogens is 2. The van der Waals surface area contributed by atoms with Gasteiger partial charge in [-0.3, -0.25) is 0 Å². The van der Waals surface area contributed by atoms with Gasteiger partial charge < -0.3 is 15.4 Å². The summed E-state index contributed by atoms with van der Waals surface area (Å²) >= 11 is 1.47. The lowest BCUT2D eigenvalue weighted by molar-refractivity contribution is 0.0276. The molecular weight excluding hydrogens is 248 g/mol. The Hall–Kier alpha value is -0.720. The lowest BCUT2D eigenvalue weighted by Gasteiger charge is -2.34. The molecule has 5 nitrogen and oxygen atoms in total. The minimum absolute atomic E-state index is 0.00158. The highest BCUT2D eigenvalue weighted by atomic mass is 32.1. The van der Waals surface area contributed by atoms with Gasteiger partial charge in [-0.1, -0.05) is 20.8 Å². The zero-order valence-electron chi connectivity index (χ0n) is 11.5. The van der Waals surface area contributed by atoms with E-state index in [9.17, 15) is 0 Å². The molecule has 1 aromatic heterocycles. The van der Waals surface area contributed by atoms with Crippen LogP contribution in [-0.4, -0.2) is 41.2 Å². The van der Waals surface area contributed by atoms with Crippen LogP contribution in [0, 0.1) is 0 Å². The van der Waals surface area contributed by atoms with Crippen LogP contribution >= 0.6 is 11.5 Å². The van der Waals surface area contributed by atoms with Crippen LogP contribution in [-0.2, 0) is 10.2 Å². The zero-order chi connectivity index (χ0) is 13.3. The lowest BCUT2D eigenvalue weighted by atomic mass is 9.96. The van der Waals surface area contributed by atoms with E-state index < -0.39 is 0 Å². The van der Waals surface area contributed by atoms with E-state index in [0.29, 0.717) is 6.61 Å². The lowest BCUT2D eigenvalue weighted by Crippen LogP contribution is -2.49. The molecule has 2 rings (SSSR count). The molecule has 18 heavy (non-hydrogen) atoms. The highest BCUT2D eigenvalue weighted by Crippen LogP contribution is 2.26. The number of nitrogens with two attached hydrogens (primary N) is 1. The van der Waals surface area contributed by atoms with Gasteiger partial charge in [0.05, 0.1) is 12.7 Å². The van der Waals surface area contributed by atoms with E-state index in [4.69, 9.17) is 10.5 Å². The third-order valence-electron chi connectivity index (χ3n) is 3.04. The number of ether oxygens (including phenoxy) is 1. The average Bonchev–Trinajstić information content (AvgIpc) is 2.78. The average molecular weight is 270 g/mol. The molecule has 0 radical (unpaired) electrons. The number of rotatable bonds is 2. The largest absolute Gasteiger partial charge is 0.373 e. The summed E-state index contributed by atoms with van der Waals surface area (Å²) in [6.07, 6.45) is 0.0840. The smallest absolute Gasteiger partial charge is 0.205 e. The first-order chi connectivity index (χ1) is 8.38. The van der Waals surface area contributed by atoms with E-state index in [1.54, 1.807) is 0 Å². The Morgan fingerprint density at radius 3 is 2.78 bits per heavy atom. The monoisotopic (exact) mass is 270 g/mol. The molecule has 1 aromatic rings. The third-order valence-corrected chi connectivity index (χ3v) is 3.81. The van der Waals surface area contributed by atoms with Gasteiger partial charge in [-0.05, 0) is 6.92 Å².